The largest absolute Gasteiger partial charge is 0.491 e. The zero-order valence-corrected chi connectivity index (χ0v) is 12.6. The topological polar surface area (TPSA) is 41.6 Å². The number of nitrogens with one attached hydrogen (secondary N) is 1. The number of benzene rings is 1. The highest BCUT2D eigenvalue weighted by Gasteiger charge is 2.24. The molecule has 0 bridgehead atoms. The van der Waals surface area contributed by atoms with E-state index in [2.05, 4.69) is 19.2 Å². The van der Waals surface area contributed by atoms with Crippen molar-refractivity contribution in [3.05, 3.63) is 30.1 Å². The molecule has 0 unspecified atom stereocenters. The van der Waals surface area contributed by atoms with Gasteiger partial charge in [-0.1, -0.05) is 12.1 Å². The minimum atomic E-state index is -0.367. The van der Waals surface area contributed by atoms with Crippen molar-refractivity contribution in [3.63, 3.8) is 0 Å². The van der Waals surface area contributed by atoms with Crippen molar-refractivity contribution in [1.29, 1.82) is 0 Å². The van der Waals surface area contributed by atoms with E-state index >= 15 is 0 Å². The second-order valence-electron chi connectivity index (χ2n) is 5.65. The molecular weight excluding hydrogens is 271 g/mol. The molecule has 1 fully saturated rings. The molecule has 1 aliphatic rings. The molecule has 21 heavy (non-hydrogen) atoms. The highest BCUT2D eigenvalue weighted by atomic mass is 19.1. The van der Waals surface area contributed by atoms with E-state index in [0.717, 1.165) is 13.1 Å². The van der Waals surface area contributed by atoms with E-state index in [0.29, 0.717) is 31.5 Å². The third-order valence-electron chi connectivity index (χ3n) is 3.54. The van der Waals surface area contributed by atoms with Gasteiger partial charge in [-0.05, 0) is 32.4 Å². The average Bonchev–Trinajstić information content (AvgIpc) is 2.44. The first-order valence-electron chi connectivity index (χ1n) is 7.47. The van der Waals surface area contributed by atoms with Gasteiger partial charge in [0.15, 0.2) is 11.6 Å². The average molecular weight is 294 g/mol. The van der Waals surface area contributed by atoms with Crippen molar-refractivity contribution in [2.45, 2.75) is 38.8 Å². The predicted molar refractivity (Wildman–Crippen MR) is 79.8 cm³/mol. The Kier molecular flexibility index (Phi) is 5.56. The molecule has 116 valence electrons. The number of rotatable bonds is 5. The number of hydrogen-bond acceptors (Lipinski definition) is 3. The molecule has 1 heterocycles. The van der Waals surface area contributed by atoms with Gasteiger partial charge in [0.1, 0.15) is 0 Å². The first-order chi connectivity index (χ1) is 10.1. The predicted octanol–water partition coefficient (Wildman–Crippen LogP) is 2.19. The summed E-state index contributed by atoms with van der Waals surface area (Å²) in [4.78, 5) is 14.0. The van der Waals surface area contributed by atoms with Gasteiger partial charge in [0, 0.05) is 31.6 Å². The first kappa shape index (κ1) is 15.8. The number of halogens is 1. The number of hydrogen-bond donors (Lipinski definition) is 1. The van der Waals surface area contributed by atoms with E-state index in [1.54, 1.807) is 18.2 Å². The number of amides is 1. The Bertz CT molecular complexity index is 471. The van der Waals surface area contributed by atoms with Crippen molar-refractivity contribution in [2.24, 2.45) is 0 Å². The lowest BCUT2D eigenvalue weighted by Gasteiger charge is -2.36. The lowest BCUT2D eigenvalue weighted by molar-refractivity contribution is -0.133. The molecule has 1 N–H and O–H groups in total. The third-order valence-corrected chi connectivity index (χ3v) is 3.54. The zero-order chi connectivity index (χ0) is 15.2. The summed E-state index contributed by atoms with van der Waals surface area (Å²) in [5, 5.41) is 3.40. The molecule has 1 amide bonds. The van der Waals surface area contributed by atoms with Crippen LogP contribution in [-0.4, -0.2) is 42.6 Å². The van der Waals surface area contributed by atoms with Crippen LogP contribution in [0.3, 0.4) is 0 Å². The quantitative estimate of drug-likeness (QED) is 0.847. The van der Waals surface area contributed by atoms with Gasteiger partial charge in [0.05, 0.1) is 6.61 Å². The van der Waals surface area contributed by atoms with Gasteiger partial charge < -0.3 is 15.0 Å². The maximum absolute atomic E-state index is 13.3. The maximum Gasteiger partial charge on any atom is 0.222 e. The van der Waals surface area contributed by atoms with Crippen LogP contribution in [-0.2, 0) is 4.79 Å². The molecule has 0 aromatic heterocycles. The van der Waals surface area contributed by atoms with Crippen molar-refractivity contribution < 1.29 is 13.9 Å². The molecule has 1 aromatic rings. The van der Waals surface area contributed by atoms with E-state index in [4.69, 9.17) is 4.74 Å². The second-order valence-corrected chi connectivity index (χ2v) is 5.65. The lowest BCUT2D eigenvalue weighted by Crippen LogP contribution is -2.55. The van der Waals surface area contributed by atoms with E-state index in [9.17, 15) is 9.18 Å². The normalized spacial score (nSPS) is 22.1. The number of carbonyl (C=O) groups excluding carboxylic acids is 1. The molecule has 1 saturated heterocycles. The zero-order valence-electron chi connectivity index (χ0n) is 12.6. The SMILES string of the molecule is C[C@H]1CN(C(=O)CCCOc2ccccc2F)C[C@H](C)N1. The Balaban J connectivity index is 1.71. The van der Waals surface area contributed by atoms with E-state index in [1.807, 2.05) is 4.90 Å². The van der Waals surface area contributed by atoms with Crippen LogP contribution in [0.2, 0.25) is 0 Å². The molecule has 0 saturated carbocycles. The van der Waals surface area contributed by atoms with Crippen LogP contribution in [0.1, 0.15) is 26.7 Å². The number of piperazine rings is 1. The molecule has 4 nitrogen and oxygen atoms in total. The summed E-state index contributed by atoms with van der Waals surface area (Å²) >= 11 is 0. The van der Waals surface area contributed by atoms with Crippen LogP contribution in [0.5, 0.6) is 5.75 Å². The van der Waals surface area contributed by atoms with Crippen LogP contribution >= 0.6 is 0 Å². The van der Waals surface area contributed by atoms with Crippen molar-refractivity contribution >= 4 is 5.91 Å². The van der Waals surface area contributed by atoms with Gasteiger partial charge in [-0.25, -0.2) is 4.39 Å². The molecule has 0 aliphatic carbocycles. The van der Waals surface area contributed by atoms with Crippen LogP contribution in [0.4, 0.5) is 4.39 Å². The van der Waals surface area contributed by atoms with Crippen molar-refractivity contribution in [2.75, 3.05) is 19.7 Å². The summed E-state index contributed by atoms with van der Waals surface area (Å²) < 4.78 is 18.7. The molecule has 2 atom stereocenters. The van der Waals surface area contributed by atoms with Gasteiger partial charge in [-0.3, -0.25) is 4.79 Å². The Hall–Kier alpha value is -1.62. The third kappa shape index (κ3) is 4.70. The highest BCUT2D eigenvalue weighted by molar-refractivity contribution is 5.76. The molecule has 0 spiro atoms. The van der Waals surface area contributed by atoms with Gasteiger partial charge >= 0.3 is 0 Å². The summed E-state index contributed by atoms with van der Waals surface area (Å²) in [7, 11) is 0. The van der Waals surface area contributed by atoms with Crippen LogP contribution in [0, 0.1) is 5.82 Å². The molecule has 1 aliphatic heterocycles. The van der Waals surface area contributed by atoms with Gasteiger partial charge in [-0.2, -0.15) is 0 Å². The minimum Gasteiger partial charge on any atom is -0.491 e. The van der Waals surface area contributed by atoms with Crippen LogP contribution < -0.4 is 10.1 Å². The molecule has 1 aromatic carbocycles. The van der Waals surface area contributed by atoms with Crippen LogP contribution in [0.15, 0.2) is 24.3 Å². The summed E-state index contributed by atoms with van der Waals surface area (Å²) in [6.07, 6.45) is 1.04. The fourth-order valence-corrected chi connectivity index (χ4v) is 2.66. The second kappa shape index (κ2) is 7.41. The smallest absolute Gasteiger partial charge is 0.222 e. The Morgan fingerprint density at radius 3 is 2.67 bits per heavy atom. The van der Waals surface area contributed by atoms with E-state index in [1.165, 1.54) is 6.07 Å². The number of para-hydroxylation sites is 1. The standard InChI is InChI=1S/C16H23FN2O2/c1-12-10-19(11-13(2)18-12)16(20)8-5-9-21-15-7-4-3-6-14(15)17/h3-4,6-7,12-13,18H,5,8-11H2,1-2H3/t12-,13-/m0/s1. The highest BCUT2D eigenvalue weighted by Crippen LogP contribution is 2.16. The van der Waals surface area contributed by atoms with Crippen molar-refractivity contribution in [1.82, 2.24) is 10.2 Å². The molecule has 2 rings (SSSR count). The Labute approximate surface area is 125 Å². The monoisotopic (exact) mass is 294 g/mol. The van der Waals surface area contributed by atoms with Crippen LogP contribution in [0.25, 0.3) is 0 Å². The summed E-state index contributed by atoms with van der Waals surface area (Å²) in [5.41, 5.74) is 0. The summed E-state index contributed by atoms with van der Waals surface area (Å²) in [5.74, 6) is 0.0234. The van der Waals surface area contributed by atoms with Gasteiger partial charge in [0.25, 0.3) is 0 Å². The molecular formula is C16H23FN2O2. The Morgan fingerprint density at radius 2 is 2.00 bits per heavy atom. The first-order valence-corrected chi connectivity index (χ1v) is 7.47. The van der Waals surface area contributed by atoms with Crippen molar-refractivity contribution in [3.8, 4) is 5.75 Å². The minimum absolute atomic E-state index is 0.146. The number of carbonyl (C=O) groups is 1. The van der Waals surface area contributed by atoms with Gasteiger partial charge in [0.2, 0.25) is 5.91 Å². The summed E-state index contributed by atoms with van der Waals surface area (Å²) in [6.45, 7) is 6.01. The number of ether oxygens (including phenoxy) is 1. The maximum atomic E-state index is 13.3. The molecule has 0 radical (unpaired) electrons. The fraction of sp³-hybridized carbons (Fsp3) is 0.562. The van der Waals surface area contributed by atoms with Gasteiger partial charge in [-0.15, -0.1) is 0 Å². The fourth-order valence-electron chi connectivity index (χ4n) is 2.66. The Morgan fingerprint density at radius 1 is 1.33 bits per heavy atom. The van der Waals surface area contributed by atoms with E-state index < -0.39 is 0 Å². The molecule has 5 heteroatoms. The van der Waals surface area contributed by atoms with E-state index in [-0.39, 0.29) is 17.5 Å². The number of nitrogens with zero attached hydrogens (tertiary/aromatic N) is 1. The lowest BCUT2D eigenvalue weighted by atomic mass is 10.1. The summed E-state index contributed by atoms with van der Waals surface area (Å²) in [6, 6.07) is 6.96.